The van der Waals surface area contributed by atoms with Gasteiger partial charge in [-0.2, -0.15) is 0 Å². The Morgan fingerprint density at radius 1 is 1.75 bits per heavy atom. The molecule has 0 N–H and O–H groups in total. The summed E-state index contributed by atoms with van der Waals surface area (Å²) in [5, 5.41) is 0. The van der Waals surface area contributed by atoms with E-state index < -0.39 is 0 Å². The summed E-state index contributed by atoms with van der Waals surface area (Å²) in [6, 6.07) is 0. The maximum atomic E-state index is 9.76. The third kappa shape index (κ3) is 3.56. The van der Waals surface area contributed by atoms with Crippen molar-refractivity contribution in [2.45, 2.75) is 6.92 Å². The zero-order valence-corrected chi connectivity index (χ0v) is 5.18. The predicted octanol–water partition coefficient (Wildman–Crippen LogP) is 0.778. The summed E-state index contributed by atoms with van der Waals surface area (Å²) < 4.78 is 4.73. The quantitative estimate of drug-likeness (QED) is 0.400. The fourth-order valence-corrected chi connectivity index (χ4v) is 0.392. The fourth-order valence-electron chi connectivity index (χ4n) is 0.392. The second kappa shape index (κ2) is 4.53. The maximum absolute atomic E-state index is 9.76. The van der Waals surface area contributed by atoms with Crippen LogP contribution in [-0.4, -0.2) is 20.0 Å². The number of rotatable bonds is 3. The van der Waals surface area contributed by atoms with Crippen molar-refractivity contribution in [2.75, 3.05) is 13.7 Å². The van der Waals surface area contributed by atoms with Crippen molar-refractivity contribution in [3.8, 4) is 0 Å². The molecule has 0 bridgehead atoms. The second-order valence-electron chi connectivity index (χ2n) is 1.58. The van der Waals surface area contributed by atoms with Crippen molar-refractivity contribution in [2.24, 2.45) is 0 Å². The van der Waals surface area contributed by atoms with Crippen LogP contribution in [0.5, 0.6) is 0 Å². The van der Waals surface area contributed by atoms with Gasteiger partial charge in [-0.3, -0.25) is 4.79 Å². The summed E-state index contributed by atoms with van der Waals surface area (Å²) >= 11 is 0. The molecule has 8 heavy (non-hydrogen) atoms. The summed E-state index contributed by atoms with van der Waals surface area (Å²) in [5.41, 5.74) is 0.947. The van der Waals surface area contributed by atoms with Crippen LogP contribution in [0.1, 0.15) is 6.92 Å². The Morgan fingerprint density at radius 3 is 2.75 bits per heavy atom. The highest BCUT2D eigenvalue weighted by molar-refractivity contribution is 5.65. The van der Waals surface area contributed by atoms with Gasteiger partial charge in [0.05, 0.1) is 6.61 Å². The summed E-state index contributed by atoms with van der Waals surface area (Å²) in [5.74, 6) is 0. The lowest BCUT2D eigenvalue weighted by molar-refractivity contribution is -0.104. The van der Waals surface area contributed by atoms with E-state index in [9.17, 15) is 4.79 Å². The topological polar surface area (TPSA) is 26.3 Å². The Morgan fingerprint density at radius 2 is 2.38 bits per heavy atom. The Hall–Kier alpha value is -0.630. The Labute approximate surface area is 49.1 Å². The fraction of sp³-hybridized carbons (Fsp3) is 0.500. The highest BCUT2D eigenvalue weighted by Gasteiger charge is 1.82. The van der Waals surface area contributed by atoms with Crippen LogP contribution in [-0.2, 0) is 9.53 Å². The molecule has 2 heteroatoms. The number of carbonyl (C=O) groups is 1. The van der Waals surface area contributed by atoms with Gasteiger partial charge in [0.15, 0.2) is 0 Å². The van der Waals surface area contributed by atoms with E-state index in [0.29, 0.717) is 6.61 Å². The Kier molecular flexibility index (Phi) is 4.17. The van der Waals surface area contributed by atoms with Gasteiger partial charge in [0, 0.05) is 7.11 Å². The molecule has 0 heterocycles. The van der Waals surface area contributed by atoms with Crippen molar-refractivity contribution in [3.63, 3.8) is 0 Å². The molecule has 0 fully saturated rings. The van der Waals surface area contributed by atoms with Gasteiger partial charge < -0.3 is 4.74 Å². The second-order valence-corrected chi connectivity index (χ2v) is 1.58. The molecule has 0 atom stereocenters. The minimum atomic E-state index is 0.540. The number of ether oxygens (including phenoxy) is 1. The first kappa shape index (κ1) is 7.37. The minimum absolute atomic E-state index is 0.540. The summed E-state index contributed by atoms with van der Waals surface area (Å²) in [7, 11) is 1.60. The highest BCUT2D eigenvalue weighted by atomic mass is 16.5. The monoisotopic (exact) mass is 114 g/mol. The third-order valence-corrected chi connectivity index (χ3v) is 0.725. The molecule has 0 saturated carbocycles. The van der Waals surface area contributed by atoms with Crippen LogP contribution < -0.4 is 0 Å². The van der Waals surface area contributed by atoms with Gasteiger partial charge in [-0.15, -0.1) is 0 Å². The van der Waals surface area contributed by atoms with Crippen LogP contribution in [0.2, 0.25) is 0 Å². The summed E-state index contributed by atoms with van der Waals surface area (Å²) in [4.78, 5) is 9.76. The number of carbonyl (C=O) groups excluding carboxylic acids is 1. The molecule has 2 nitrogen and oxygen atoms in total. The summed E-state index contributed by atoms with van der Waals surface area (Å²) in [6.07, 6.45) is 2.25. The predicted molar refractivity (Wildman–Crippen MR) is 31.7 cm³/mol. The van der Waals surface area contributed by atoms with Gasteiger partial charge in [0.1, 0.15) is 6.29 Å². The first-order valence-corrected chi connectivity index (χ1v) is 2.41. The van der Waals surface area contributed by atoms with Crippen LogP contribution >= 0.6 is 0 Å². The van der Waals surface area contributed by atoms with E-state index in [1.807, 2.05) is 6.92 Å². The standard InChI is InChI=1S/C6H10O2/c1-6(3-4-7)5-8-2/h3-4H,5H2,1-2H3/b6-3+. The van der Waals surface area contributed by atoms with Crippen molar-refractivity contribution >= 4 is 6.29 Å². The van der Waals surface area contributed by atoms with Gasteiger partial charge in [0.25, 0.3) is 0 Å². The van der Waals surface area contributed by atoms with E-state index in [-0.39, 0.29) is 0 Å². The van der Waals surface area contributed by atoms with Gasteiger partial charge in [-0.1, -0.05) is 0 Å². The molecule has 0 saturated heterocycles. The van der Waals surface area contributed by atoms with Crippen LogP contribution in [0.15, 0.2) is 11.6 Å². The van der Waals surface area contributed by atoms with E-state index in [1.54, 1.807) is 7.11 Å². The van der Waals surface area contributed by atoms with E-state index in [0.717, 1.165) is 11.9 Å². The lowest BCUT2D eigenvalue weighted by atomic mass is 10.3. The van der Waals surface area contributed by atoms with E-state index >= 15 is 0 Å². The Balaban J connectivity index is 3.44. The molecule has 0 aromatic rings. The third-order valence-electron chi connectivity index (χ3n) is 0.725. The van der Waals surface area contributed by atoms with E-state index in [4.69, 9.17) is 4.74 Å². The van der Waals surface area contributed by atoms with Crippen LogP contribution in [0.3, 0.4) is 0 Å². The molecule has 0 aliphatic carbocycles. The molecule has 0 radical (unpaired) electrons. The van der Waals surface area contributed by atoms with E-state index in [1.165, 1.54) is 6.08 Å². The Bertz CT molecular complexity index is 94.7. The number of hydrogen-bond acceptors (Lipinski definition) is 2. The van der Waals surface area contributed by atoms with Crippen molar-refractivity contribution in [1.82, 2.24) is 0 Å². The zero-order valence-electron chi connectivity index (χ0n) is 5.18. The van der Waals surface area contributed by atoms with Gasteiger partial charge in [0.2, 0.25) is 0 Å². The number of hydrogen-bond donors (Lipinski definition) is 0. The van der Waals surface area contributed by atoms with E-state index in [2.05, 4.69) is 0 Å². The average Bonchev–Trinajstić information content (AvgIpc) is 1.68. The molecule has 0 spiro atoms. The molecule has 0 aliphatic rings. The number of allylic oxidation sites excluding steroid dienone is 1. The lowest BCUT2D eigenvalue weighted by Crippen LogP contribution is -1.88. The van der Waals surface area contributed by atoms with Crippen LogP contribution in [0.25, 0.3) is 0 Å². The minimum Gasteiger partial charge on any atom is -0.380 e. The van der Waals surface area contributed by atoms with Crippen molar-refractivity contribution < 1.29 is 9.53 Å². The molecule has 0 unspecified atom stereocenters. The highest BCUT2D eigenvalue weighted by Crippen LogP contribution is 1.88. The smallest absolute Gasteiger partial charge is 0.142 e. The lowest BCUT2D eigenvalue weighted by Gasteiger charge is -1.92. The molecule has 0 amide bonds. The maximum Gasteiger partial charge on any atom is 0.142 e. The normalized spacial score (nSPS) is 11.5. The van der Waals surface area contributed by atoms with Gasteiger partial charge in [-0.25, -0.2) is 0 Å². The average molecular weight is 114 g/mol. The zero-order chi connectivity index (χ0) is 6.41. The molecule has 46 valence electrons. The van der Waals surface area contributed by atoms with Gasteiger partial charge >= 0.3 is 0 Å². The van der Waals surface area contributed by atoms with Crippen LogP contribution in [0.4, 0.5) is 0 Å². The molecular formula is C6H10O2. The van der Waals surface area contributed by atoms with Crippen LogP contribution in [0, 0.1) is 0 Å². The van der Waals surface area contributed by atoms with Crippen molar-refractivity contribution in [3.05, 3.63) is 11.6 Å². The number of aldehydes is 1. The molecule has 0 rings (SSSR count). The van der Waals surface area contributed by atoms with Crippen molar-refractivity contribution in [1.29, 1.82) is 0 Å². The first-order chi connectivity index (χ1) is 3.81. The van der Waals surface area contributed by atoms with Gasteiger partial charge in [-0.05, 0) is 18.6 Å². The molecule has 0 aromatic carbocycles. The number of methoxy groups -OCH3 is 1. The first-order valence-electron chi connectivity index (χ1n) is 2.41. The SMILES string of the molecule is COC/C(C)=C/C=O. The molecule has 0 aromatic heterocycles. The largest absolute Gasteiger partial charge is 0.380 e. The molecular weight excluding hydrogens is 104 g/mol. The summed E-state index contributed by atoms with van der Waals surface area (Å²) in [6.45, 7) is 2.39. The molecule has 0 aliphatic heterocycles.